The van der Waals surface area contributed by atoms with Gasteiger partial charge >= 0.3 is 0 Å². The maximum Gasteiger partial charge on any atom is 0.0460 e. The second kappa shape index (κ2) is 4.26. The van der Waals surface area contributed by atoms with E-state index in [-0.39, 0.29) is 0 Å². The van der Waals surface area contributed by atoms with Crippen molar-refractivity contribution < 1.29 is 0 Å². The zero-order chi connectivity index (χ0) is 11.7. The number of aromatic amines is 1. The molecule has 2 aromatic rings. The van der Waals surface area contributed by atoms with E-state index < -0.39 is 0 Å². The van der Waals surface area contributed by atoms with E-state index in [0.717, 1.165) is 31.9 Å². The van der Waals surface area contributed by atoms with Gasteiger partial charge in [-0.05, 0) is 23.1 Å². The van der Waals surface area contributed by atoms with Gasteiger partial charge in [0.2, 0.25) is 0 Å². The number of rotatable bonds is 2. The summed E-state index contributed by atoms with van der Waals surface area (Å²) in [6.07, 6.45) is 1.97. The first-order chi connectivity index (χ1) is 8.34. The third-order valence-electron chi connectivity index (χ3n) is 3.39. The number of hydrogen-bond acceptors (Lipinski definition) is 2. The average Bonchev–Trinajstić information content (AvgIpc) is 2.86. The first kappa shape index (κ1) is 10.4. The minimum absolute atomic E-state index is 1.04. The van der Waals surface area contributed by atoms with Crippen LogP contribution >= 0.6 is 0 Å². The molecule has 1 aliphatic heterocycles. The second-order valence-electron chi connectivity index (χ2n) is 4.46. The van der Waals surface area contributed by atoms with Gasteiger partial charge in [-0.2, -0.15) is 0 Å². The molecule has 0 amide bonds. The van der Waals surface area contributed by atoms with Crippen molar-refractivity contribution >= 4 is 16.6 Å². The number of fused-ring (bicyclic) bond motifs is 1. The number of aromatic nitrogens is 1. The molecule has 1 fully saturated rings. The molecular weight excluding hydrogens is 210 g/mol. The van der Waals surface area contributed by atoms with Crippen LogP contribution in [-0.2, 0) is 0 Å². The predicted octanol–water partition coefficient (Wildman–Crippen LogP) is 2.04. The third kappa shape index (κ3) is 1.94. The van der Waals surface area contributed by atoms with E-state index in [1.165, 1.54) is 16.5 Å². The third-order valence-corrected chi connectivity index (χ3v) is 3.39. The fourth-order valence-corrected chi connectivity index (χ4v) is 2.34. The molecular formula is C14H17N3. The summed E-state index contributed by atoms with van der Waals surface area (Å²) in [6, 6.07) is 8.57. The van der Waals surface area contributed by atoms with Crippen molar-refractivity contribution in [1.29, 1.82) is 0 Å². The predicted molar refractivity (Wildman–Crippen MR) is 71.8 cm³/mol. The van der Waals surface area contributed by atoms with Crippen molar-refractivity contribution in [2.75, 3.05) is 26.2 Å². The van der Waals surface area contributed by atoms with Crippen LogP contribution in [0.15, 0.2) is 37.0 Å². The van der Waals surface area contributed by atoms with Crippen LogP contribution in [0.4, 0.5) is 0 Å². The minimum atomic E-state index is 1.04. The number of nitrogens with one attached hydrogen (secondary N) is 2. The van der Waals surface area contributed by atoms with Crippen molar-refractivity contribution in [2.24, 2.45) is 0 Å². The van der Waals surface area contributed by atoms with Gasteiger partial charge in [0.25, 0.3) is 0 Å². The zero-order valence-electron chi connectivity index (χ0n) is 9.87. The molecule has 2 N–H and O–H groups in total. The molecule has 0 bridgehead atoms. The van der Waals surface area contributed by atoms with Crippen molar-refractivity contribution in [1.82, 2.24) is 15.2 Å². The molecule has 3 rings (SSSR count). The monoisotopic (exact) mass is 227 g/mol. The Morgan fingerprint density at radius 3 is 2.82 bits per heavy atom. The smallest absolute Gasteiger partial charge is 0.0460 e. The van der Waals surface area contributed by atoms with Crippen molar-refractivity contribution in [3.63, 3.8) is 0 Å². The first-order valence-corrected chi connectivity index (χ1v) is 6.07. The van der Waals surface area contributed by atoms with Gasteiger partial charge in [0.15, 0.2) is 0 Å². The van der Waals surface area contributed by atoms with Crippen LogP contribution in [0, 0.1) is 0 Å². The molecule has 0 atom stereocenters. The molecule has 0 saturated carbocycles. The summed E-state index contributed by atoms with van der Waals surface area (Å²) in [4.78, 5) is 5.59. The number of H-pyrrole nitrogens is 1. The largest absolute Gasteiger partial charge is 0.369 e. The summed E-state index contributed by atoms with van der Waals surface area (Å²) in [5, 5.41) is 4.61. The van der Waals surface area contributed by atoms with Gasteiger partial charge in [-0.1, -0.05) is 18.7 Å². The Balaban J connectivity index is 1.88. The summed E-state index contributed by atoms with van der Waals surface area (Å²) < 4.78 is 0. The highest BCUT2D eigenvalue weighted by Gasteiger charge is 2.12. The summed E-state index contributed by atoms with van der Waals surface area (Å²) in [6.45, 7) is 8.40. The Kier molecular flexibility index (Phi) is 2.61. The summed E-state index contributed by atoms with van der Waals surface area (Å²) in [7, 11) is 0. The van der Waals surface area contributed by atoms with Crippen molar-refractivity contribution in [2.45, 2.75) is 0 Å². The van der Waals surface area contributed by atoms with E-state index in [1.807, 2.05) is 6.20 Å². The average molecular weight is 227 g/mol. The van der Waals surface area contributed by atoms with Crippen LogP contribution in [0.2, 0.25) is 0 Å². The lowest BCUT2D eigenvalue weighted by molar-refractivity contribution is 0.341. The standard InChI is InChI=1S/C14H17N3/c1-11(17-8-6-15-7-9-17)13-3-2-12-4-5-16-14(12)10-13/h2-5,10,15-16H,1,6-9H2. The molecule has 1 aromatic carbocycles. The number of hydrogen-bond donors (Lipinski definition) is 2. The highest BCUT2D eigenvalue weighted by atomic mass is 15.2. The Labute approximate surface area is 101 Å². The van der Waals surface area contributed by atoms with Gasteiger partial charge in [0.1, 0.15) is 0 Å². The van der Waals surface area contributed by atoms with E-state index in [9.17, 15) is 0 Å². The molecule has 0 radical (unpaired) electrons. The van der Waals surface area contributed by atoms with E-state index in [1.54, 1.807) is 0 Å². The molecule has 2 heterocycles. The summed E-state index contributed by atoms with van der Waals surface area (Å²) >= 11 is 0. The van der Waals surface area contributed by atoms with Crippen molar-refractivity contribution in [3.05, 3.63) is 42.6 Å². The Bertz CT molecular complexity index is 535. The van der Waals surface area contributed by atoms with Crippen LogP contribution in [0.3, 0.4) is 0 Å². The van der Waals surface area contributed by atoms with Crippen LogP contribution < -0.4 is 5.32 Å². The molecule has 3 nitrogen and oxygen atoms in total. The van der Waals surface area contributed by atoms with Gasteiger partial charge < -0.3 is 15.2 Å². The Morgan fingerprint density at radius 1 is 1.18 bits per heavy atom. The number of nitrogens with zero attached hydrogens (tertiary/aromatic N) is 1. The van der Waals surface area contributed by atoms with Gasteiger partial charge in [-0.25, -0.2) is 0 Å². The van der Waals surface area contributed by atoms with E-state index in [4.69, 9.17) is 0 Å². The van der Waals surface area contributed by atoms with Gasteiger partial charge in [0, 0.05) is 43.6 Å². The number of benzene rings is 1. The Morgan fingerprint density at radius 2 is 2.00 bits per heavy atom. The molecule has 3 heteroatoms. The summed E-state index contributed by atoms with van der Waals surface area (Å²) in [5.74, 6) is 0. The topological polar surface area (TPSA) is 31.1 Å². The molecule has 0 aliphatic carbocycles. The maximum atomic E-state index is 4.22. The fourth-order valence-electron chi connectivity index (χ4n) is 2.34. The highest BCUT2D eigenvalue weighted by Crippen LogP contribution is 2.22. The minimum Gasteiger partial charge on any atom is -0.369 e. The quantitative estimate of drug-likeness (QED) is 0.822. The molecule has 0 spiro atoms. The highest BCUT2D eigenvalue weighted by molar-refractivity contribution is 5.83. The Hall–Kier alpha value is -1.74. The lowest BCUT2D eigenvalue weighted by Gasteiger charge is -2.31. The number of piperazine rings is 1. The van der Waals surface area contributed by atoms with Crippen LogP contribution in [0.1, 0.15) is 5.56 Å². The maximum absolute atomic E-state index is 4.22. The zero-order valence-corrected chi connectivity index (χ0v) is 9.87. The van der Waals surface area contributed by atoms with Gasteiger partial charge in [0.05, 0.1) is 0 Å². The van der Waals surface area contributed by atoms with Gasteiger partial charge in [-0.15, -0.1) is 0 Å². The molecule has 0 unspecified atom stereocenters. The molecule has 1 saturated heterocycles. The van der Waals surface area contributed by atoms with Gasteiger partial charge in [-0.3, -0.25) is 0 Å². The second-order valence-corrected chi connectivity index (χ2v) is 4.46. The molecule has 1 aliphatic rings. The fraction of sp³-hybridized carbons (Fsp3) is 0.286. The summed E-state index contributed by atoms with van der Waals surface area (Å²) in [5.41, 5.74) is 3.52. The SMILES string of the molecule is C=C(c1ccc2cc[nH]c2c1)N1CCNCC1. The lowest BCUT2D eigenvalue weighted by Crippen LogP contribution is -2.42. The lowest BCUT2D eigenvalue weighted by atomic mass is 10.1. The van der Waals surface area contributed by atoms with Crippen LogP contribution in [0.25, 0.3) is 16.6 Å². The molecule has 17 heavy (non-hydrogen) atoms. The molecule has 1 aromatic heterocycles. The normalized spacial score (nSPS) is 16.4. The van der Waals surface area contributed by atoms with E-state index in [2.05, 4.69) is 46.0 Å². The van der Waals surface area contributed by atoms with E-state index >= 15 is 0 Å². The van der Waals surface area contributed by atoms with Crippen LogP contribution in [-0.4, -0.2) is 36.1 Å². The molecule has 88 valence electrons. The van der Waals surface area contributed by atoms with Crippen molar-refractivity contribution in [3.8, 4) is 0 Å². The van der Waals surface area contributed by atoms with E-state index in [0.29, 0.717) is 0 Å². The van der Waals surface area contributed by atoms with Crippen LogP contribution in [0.5, 0.6) is 0 Å². The first-order valence-electron chi connectivity index (χ1n) is 6.07.